The van der Waals surface area contributed by atoms with Crippen LogP contribution in [-0.2, 0) is 10.0 Å². The number of para-hydroxylation sites is 2. The third-order valence-corrected chi connectivity index (χ3v) is 4.33. The van der Waals surface area contributed by atoms with Crippen LogP contribution in [0.1, 0.15) is 6.92 Å². The van der Waals surface area contributed by atoms with Gasteiger partial charge in [-0.15, -0.1) is 0 Å². The summed E-state index contributed by atoms with van der Waals surface area (Å²) in [5.74, 6) is 0.466. The predicted octanol–water partition coefficient (Wildman–Crippen LogP) is 0.929. The van der Waals surface area contributed by atoms with Gasteiger partial charge in [-0.25, -0.2) is 12.7 Å². The van der Waals surface area contributed by atoms with Crippen molar-refractivity contribution in [2.24, 2.45) is 0 Å². The Morgan fingerprint density at radius 3 is 2.59 bits per heavy atom. The Morgan fingerprint density at radius 2 is 2.00 bits per heavy atom. The summed E-state index contributed by atoms with van der Waals surface area (Å²) < 4.78 is 29.9. The van der Waals surface area contributed by atoms with Crippen LogP contribution in [0.25, 0.3) is 0 Å². The van der Waals surface area contributed by atoms with Crippen molar-refractivity contribution in [3.8, 4) is 5.75 Å². The molecular weight excluding hydrogens is 240 g/mol. The molecule has 2 N–H and O–H groups in total. The van der Waals surface area contributed by atoms with Crippen LogP contribution in [0.15, 0.2) is 24.3 Å². The number of nitrogens with zero attached hydrogens (tertiary/aromatic N) is 1. The molecule has 0 saturated heterocycles. The molecule has 0 aliphatic carbocycles. The first kappa shape index (κ1) is 13.8. The standard InChI is InChI=1S/C11H18N2O3S/c1-3-13(2)17(14,15)9-8-16-11-7-5-4-6-10(11)12/h4-7H,3,8-9,12H2,1-2H3. The number of hydrogen-bond donors (Lipinski definition) is 1. The van der Waals surface area contributed by atoms with E-state index in [1.54, 1.807) is 38.2 Å². The lowest BCUT2D eigenvalue weighted by atomic mass is 10.3. The van der Waals surface area contributed by atoms with E-state index in [4.69, 9.17) is 10.5 Å². The third kappa shape index (κ3) is 3.90. The van der Waals surface area contributed by atoms with Crippen LogP contribution >= 0.6 is 0 Å². The molecule has 0 saturated carbocycles. The maximum Gasteiger partial charge on any atom is 0.217 e. The largest absolute Gasteiger partial charge is 0.490 e. The average Bonchev–Trinajstić information content (AvgIpc) is 2.30. The van der Waals surface area contributed by atoms with Crippen LogP contribution in [0.3, 0.4) is 0 Å². The Labute approximate surface area is 102 Å². The first-order valence-electron chi connectivity index (χ1n) is 5.38. The molecular formula is C11H18N2O3S. The molecule has 0 radical (unpaired) electrons. The molecule has 5 nitrogen and oxygen atoms in total. The number of nitrogen functional groups attached to an aromatic ring is 1. The fourth-order valence-electron chi connectivity index (χ4n) is 1.22. The predicted molar refractivity (Wildman–Crippen MR) is 68.4 cm³/mol. The Hall–Kier alpha value is -1.27. The first-order chi connectivity index (χ1) is 7.97. The van der Waals surface area contributed by atoms with E-state index in [2.05, 4.69) is 0 Å². The minimum absolute atomic E-state index is 0.0499. The van der Waals surface area contributed by atoms with Gasteiger partial charge in [-0.1, -0.05) is 19.1 Å². The van der Waals surface area contributed by atoms with Crippen molar-refractivity contribution in [2.45, 2.75) is 6.92 Å². The lowest BCUT2D eigenvalue weighted by Gasteiger charge is -2.15. The molecule has 0 spiro atoms. The van der Waals surface area contributed by atoms with Gasteiger partial charge in [0, 0.05) is 13.6 Å². The minimum atomic E-state index is -3.23. The van der Waals surface area contributed by atoms with Crippen LogP contribution in [0.2, 0.25) is 0 Å². The normalized spacial score (nSPS) is 11.7. The van der Waals surface area contributed by atoms with Crippen LogP contribution < -0.4 is 10.5 Å². The molecule has 1 rings (SSSR count). The van der Waals surface area contributed by atoms with Gasteiger partial charge in [0.2, 0.25) is 10.0 Å². The second-order valence-electron chi connectivity index (χ2n) is 3.62. The summed E-state index contributed by atoms with van der Waals surface area (Å²) in [7, 11) is -1.68. The number of rotatable bonds is 6. The topological polar surface area (TPSA) is 72.6 Å². The van der Waals surface area contributed by atoms with E-state index in [1.165, 1.54) is 4.31 Å². The highest BCUT2D eigenvalue weighted by atomic mass is 32.2. The van der Waals surface area contributed by atoms with Crippen molar-refractivity contribution in [3.63, 3.8) is 0 Å². The molecule has 0 unspecified atom stereocenters. The third-order valence-electron chi connectivity index (χ3n) is 2.44. The molecule has 0 fully saturated rings. The molecule has 0 bridgehead atoms. The van der Waals surface area contributed by atoms with Gasteiger partial charge in [0.1, 0.15) is 12.4 Å². The molecule has 0 aliphatic heterocycles. The summed E-state index contributed by atoms with van der Waals surface area (Å²) in [5, 5.41) is 0. The van der Waals surface area contributed by atoms with Gasteiger partial charge in [0.15, 0.2) is 0 Å². The van der Waals surface area contributed by atoms with E-state index in [-0.39, 0.29) is 12.4 Å². The fraction of sp³-hybridized carbons (Fsp3) is 0.455. The van der Waals surface area contributed by atoms with Gasteiger partial charge in [-0.05, 0) is 12.1 Å². The van der Waals surface area contributed by atoms with Crippen molar-refractivity contribution in [1.82, 2.24) is 4.31 Å². The van der Waals surface area contributed by atoms with Crippen molar-refractivity contribution in [3.05, 3.63) is 24.3 Å². The van der Waals surface area contributed by atoms with Crippen LogP contribution in [0.4, 0.5) is 5.69 Å². The highest BCUT2D eigenvalue weighted by Gasteiger charge is 2.15. The molecule has 17 heavy (non-hydrogen) atoms. The second kappa shape index (κ2) is 5.88. The summed E-state index contributed by atoms with van der Waals surface area (Å²) in [6.07, 6.45) is 0. The van der Waals surface area contributed by atoms with E-state index in [0.29, 0.717) is 18.0 Å². The Bertz CT molecular complexity index is 460. The highest BCUT2D eigenvalue weighted by Crippen LogP contribution is 2.19. The molecule has 0 amide bonds. The zero-order valence-electron chi connectivity index (χ0n) is 10.1. The van der Waals surface area contributed by atoms with Gasteiger partial charge in [-0.2, -0.15) is 0 Å². The Kier molecular flexibility index (Phi) is 4.77. The summed E-state index contributed by atoms with van der Waals surface area (Å²) in [4.78, 5) is 0. The number of sulfonamides is 1. The first-order valence-corrected chi connectivity index (χ1v) is 6.99. The summed E-state index contributed by atoms with van der Waals surface area (Å²) in [5.41, 5.74) is 6.18. The van der Waals surface area contributed by atoms with Crippen molar-refractivity contribution in [1.29, 1.82) is 0 Å². The molecule has 1 aromatic rings. The highest BCUT2D eigenvalue weighted by molar-refractivity contribution is 7.89. The van der Waals surface area contributed by atoms with E-state index < -0.39 is 10.0 Å². The number of ether oxygens (including phenoxy) is 1. The van der Waals surface area contributed by atoms with E-state index in [9.17, 15) is 8.42 Å². The van der Waals surface area contributed by atoms with Crippen LogP contribution in [-0.4, -0.2) is 38.7 Å². The van der Waals surface area contributed by atoms with Gasteiger partial charge in [0.25, 0.3) is 0 Å². The van der Waals surface area contributed by atoms with Crippen molar-refractivity contribution < 1.29 is 13.2 Å². The van der Waals surface area contributed by atoms with Gasteiger partial charge >= 0.3 is 0 Å². The van der Waals surface area contributed by atoms with Gasteiger partial charge in [-0.3, -0.25) is 0 Å². The minimum Gasteiger partial charge on any atom is -0.490 e. The number of benzene rings is 1. The van der Waals surface area contributed by atoms with Crippen molar-refractivity contribution in [2.75, 3.05) is 31.7 Å². The Balaban J connectivity index is 2.52. The van der Waals surface area contributed by atoms with Crippen molar-refractivity contribution >= 4 is 15.7 Å². The second-order valence-corrected chi connectivity index (χ2v) is 5.81. The zero-order valence-corrected chi connectivity index (χ0v) is 10.9. The molecule has 0 heterocycles. The molecule has 0 aromatic heterocycles. The number of anilines is 1. The SMILES string of the molecule is CCN(C)S(=O)(=O)CCOc1ccccc1N. The van der Waals surface area contributed by atoms with E-state index >= 15 is 0 Å². The maximum absolute atomic E-state index is 11.7. The molecule has 96 valence electrons. The fourth-order valence-corrected chi connectivity index (χ4v) is 2.22. The molecule has 0 atom stereocenters. The molecule has 0 aliphatic rings. The monoisotopic (exact) mass is 258 g/mol. The zero-order chi connectivity index (χ0) is 12.9. The number of hydrogen-bond acceptors (Lipinski definition) is 4. The quantitative estimate of drug-likeness (QED) is 0.770. The lowest BCUT2D eigenvalue weighted by Crippen LogP contribution is -2.31. The summed E-state index contributed by atoms with van der Waals surface area (Å²) >= 11 is 0. The smallest absolute Gasteiger partial charge is 0.217 e. The lowest BCUT2D eigenvalue weighted by molar-refractivity contribution is 0.339. The molecule has 1 aromatic carbocycles. The van der Waals surface area contributed by atoms with Crippen LogP contribution in [0, 0.1) is 0 Å². The molecule has 6 heteroatoms. The van der Waals surface area contributed by atoms with Crippen LogP contribution in [0.5, 0.6) is 5.75 Å². The van der Waals surface area contributed by atoms with Gasteiger partial charge < -0.3 is 10.5 Å². The summed E-state index contributed by atoms with van der Waals surface area (Å²) in [6.45, 7) is 2.34. The maximum atomic E-state index is 11.7. The Morgan fingerprint density at radius 1 is 1.35 bits per heavy atom. The number of nitrogens with two attached hydrogens (primary N) is 1. The van der Waals surface area contributed by atoms with Gasteiger partial charge in [0.05, 0.1) is 11.4 Å². The summed E-state index contributed by atoms with van der Waals surface area (Å²) in [6, 6.07) is 7.01. The van der Waals surface area contributed by atoms with E-state index in [1.807, 2.05) is 0 Å². The van der Waals surface area contributed by atoms with E-state index in [0.717, 1.165) is 0 Å². The average molecular weight is 258 g/mol.